The molecule has 2 atom stereocenters. The first-order valence-corrected chi connectivity index (χ1v) is 13.2. The van der Waals surface area contributed by atoms with Crippen LogP contribution in [0.3, 0.4) is 0 Å². The Labute approximate surface area is 241 Å². The molecule has 1 rings (SSSR count). The molecule has 1 aliphatic heterocycles. The quantitative estimate of drug-likeness (QED) is 0.127. The van der Waals surface area contributed by atoms with Crippen LogP contribution in [0.15, 0.2) is 0 Å². The van der Waals surface area contributed by atoms with Crippen molar-refractivity contribution >= 4 is 35.7 Å². The van der Waals surface area contributed by atoms with E-state index >= 15 is 0 Å². The summed E-state index contributed by atoms with van der Waals surface area (Å²) in [6.45, 7) is 2.52. The molecule has 0 unspecified atom stereocenters. The lowest BCUT2D eigenvalue weighted by atomic mass is 10.2. The molecule has 1 fully saturated rings. The van der Waals surface area contributed by atoms with Gasteiger partial charge in [-0.25, -0.2) is 9.59 Å². The monoisotopic (exact) mass is 608 g/mol. The van der Waals surface area contributed by atoms with E-state index in [1.165, 1.54) is 0 Å². The van der Waals surface area contributed by atoms with E-state index in [4.69, 9.17) is 39.4 Å². The molecule has 1 saturated heterocycles. The molecule has 0 bridgehead atoms. The summed E-state index contributed by atoms with van der Waals surface area (Å²) in [6, 6.07) is -3.11. The summed E-state index contributed by atoms with van der Waals surface area (Å²) in [5.74, 6) is -6.93. The van der Waals surface area contributed by atoms with Crippen molar-refractivity contribution < 1.29 is 68.1 Å². The second-order valence-electron chi connectivity index (χ2n) is 9.11. The molecule has 0 aliphatic carbocycles. The number of carbonyl (C=O) groups excluding carboxylic acids is 2. The highest BCUT2D eigenvalue weighted by atomic mass is 16.5. The minimum absolute atomic E-state index is 0.198. The number of nitrogens with zero attached hydrogens (tertiary/aromatic N) is 2. The molecule has 18 nitrogen and oxygen atoms in total. The van der Waals surface area contributed by atoms with E-state index in [1.54, 1.807) is 9.80 Å². The summed E-state index contributed by atoms with van der Waals surface area (Å²) in [5, 5.41) is 40.4. The van der Waals surface area contributed by atoms with E-state index in [-0.39, 0.29) is 65.9 Å². The van der Waals surface area contributed by atoms with Crippen LogP contribution in [0, 0.1) is 0 Å². The third-order valence-corrected chi connectivity index (χ3v) is 5.71. The fraction of sp³-hybridized carbons (Fsp3) is 0.750. The molecule has 0 aromatic carbocycles. The smallest absolute Gasteiger partial charge is 0.326 e. The van der Waals surface area contributed by atoms with E-state index < -0.39 is 60.6 Å². The van der Waals surface area contributed by atoms with Gasteiger partial charge in [-0.05, 0) is 0 Å². The first-order valence-electron chi connectivity index (χ1n) is 13.2. The molecule has 0 saturated carbocycles. The largest absolute Gasteiger partial charge is 0.481 e. The van der Waals surface area contributed by atoms with E-state index in [2.05, 4.69) is 10.6 Å². The summed E-state index contributed by atoms with van der Waals surface area (Å²) in [6.07, 6.45) is -1.51. The normalized spacial score (nSPS) is 18.9. The first-order chi connectivity index (χ1) is 20.0. The molecule has 1 heterocycles. The van der Waals surface area contributed by atoms with Crippen LogP contribution >= 0.6 is 0 Å². The average molecular weight is 609 g/mol. The van der Waals surface area contributed by atoms with Crippen molar-refractivity contribution in [3.8, 4) is 0 Å². The lowest BCUT2D eigenvalue weighted by Gasteiger charge is -2.24. The molecule has 6 N–H and O–H groups in total. The Hall–Kier alpha value is -3.42. The fourth-order valence-electron chi connectivity index (χ4n) is 3.59. The maximum absolute atomic E-state index is 12.3. The Bertz CT molecular complexity index is 799. The van der Waals surface area contributed by atoms with Crippen molar-refractivity contribution in [3.05, 3.63) is 0 Å². The highest BCUT2D eigenvalue weighted by Crippen LogP contribution is 1.98. The number of carbonyl (C=O) groups is 6. The van der Waals surface area contributed by atoms with E-state index in [0.717, 1.165) is 0 Å². The van der Waals surface area contributed by atoms with E-state index in [1.807, 2.05) is 0 Å². The highest BCUT2D eigenvalue weighted by Gasteiger charge is 2.25. The van der Waals surface area contributed by atoms with Gasteiger partial charge in [0.25, 0.3) is 0 Å². The lowest BCUT2D eigenvalue weighted by molar-refractivity contribution is -0.147. The number of nitrogens with one attached hydrogen (secondary N) is 2. The third-order valence-electron chi connectivity index (χ3n) is 5.71. The van der Waals surface area contributed by atoms with E-state index in [9.17, 15) is 28.8 Å². The second kappa shape index (κ2) is 21.3. The van der Waals surface area contributed by atoms with Crippen LogP contribution in [0.4, 0.5) is 0 Å². The zero-order valence-corrected chi connectivity index (χ0v) is 23.2. The van der Waals surface area contributed by atoms with Crippen molar-refractivity contribution in [2.75, 3.05) is 92.1 Å². The number of aliphatic carboxylic acids is 4. The molecule has 0 spiro atoms. The Morgan fingerprint density at radius 2 is 0.810 bits per heavy atom. The Balaban J connectivity index is 2.58. The fourth-order valence-corrected chi connectivity index (χ4v) is 3.59. The van der Waals surface area contributed by atoms with Gasteiger partial charge in [0.15, 0.2) is 0 Å². The maximum atomic E-state index is 12.3. The average Bonchev–Trinajstić information content (AvgIpc) is 2.89. The highest BCUT2D eigenvalue weighted by molar-refractivity contribution is 5.88. The SMILES string of the molecule is O=C(O)C[C@H](NC(=O)CN1CCOCCOCCN(CC(=O)N[C@@H](CC(=O)O)C(=O)O)CCOCCOCC1)C(=O)O. The van der Waals surface area contributed by atoms with Crippen LogP contribution in [0.5, 0.6) is 0 Å². The molecule has 240 valence electrons. The van der Waals surface area contributed by atoms with E-state index in [0.29, 0.717) is 26.2 Å². The number of carboxylic acid groups (broad SMARTS) is 4. The maximum Gasteiger partial charge on any atom is 0.326 e. The number of hydrogen-bond acceptors (Lipinski definition) is 12. The molecular formula is C24H40N4O14. The molecule has 1 aliphatic rings. The van der Waals surface area contributed by atoms with Crippen molar-refractivity contribution in [2.45, 2.75) is 24.9 Å². The first kappa shape index (κ1) is 36.6. The second-order valence-corrected chi connectivity index (χ2v) is 9.11. The Morgan fingerprint density at radius 1 is 0.524 bits per heavy atom. The van der Waals surface area contributed by atoms with Crippen molar-refractivity contribution in [3.63, 3.8) is 0 Å². The van der Waals surface area contributed by atoms with Gasteiger partial charge in [0.2, 0.25) is 11.8 Å². The van der Waals surface area contributed by atoms with Crippen LogP contribution in [0.25, 0.3) is 0 Å². The molecule has 0 aromatic rings. The number of hydrogen-bond donors (Lipinski definition) is 6. The van der Waals surface area contributed by atoms with Gasteiger partial charge in [-0.1, -0.05) is 0 Å². The summed E-state index contributed by atoms with van der Waals surface area (Å²) in [4.78, 5) is 72.2. The molecule has 0 radical (unpaired) electrons. The van der Waals surface area contributed by atoms with Crippen molar-refractivity contribution in [1.29, 1.82) is 0 Å². The van der Waals surface area contributed by atoms with Crippen LogP contribution in [0.2, 0.25) is 0 Å². The predicted octanol–water partition coefficient (Wildman–Crippen LogP) is -3.24. The predicted molar refractivity (Wildman–Crippen MR) is 140 cm³/mol. The van der Waals surface area contributed by atoms with Gasteiger partial charge < -0.3 is 50.0 Å². The minimum Gasteiger partial charge on any atom is -0.481 e. The zero-order chi connectivity index (χ0) is 31.3. The number of carboxylic acids is 4. The molecule has 2 amide bonds. The third kappa shape index (κ3) is 18.1. The van der Waals surface area contributed by atoms with Gasteiger partial charge in [-0.15, -0.1) is 0 Å². The summed E-state index contributed by atoms with van der Waals surface area (Å²) in [7, 11) is 0. The Kier molecular flexibility index (Phi) is 18.6. The van der Waals surface area contributed by atoms with Gasteiger partial charge in [0.1, 0.15) is 12.1 Å². The topological polar surface area (TPSA) is 251 Å². The minimum atomic E-state index is -1.55. The number of rotatable bonds is 12. The Morgan fingerprint density at radius 3 is 1.05 bits per heavy atom. The zero-order valence-electron chi connectivity index (χ0n) is 23.2. The number of ether oxygens (including phenoxy) is 4. The standard InChI is InChI=1S/C24H40N4O14/c29-19(25-17(23(35)36)13-21(31)32)15-27-1-5-39-9-10-41-7-3-28(4-8-42-12-11-40-6-2-27)16-20(30)26-18(24(37)38)14-22(33)34/h17-18H,1-16H2,(H,25,29)(H,26,30)(H,31,32)(H,33,34)(H,35,36)(H,37,38)/t17-,18-/m0/s1. The van der Waals surface area contributed by atoms with Crippen LogP contribution in [-0.2, 0) is 47.7 Å². The van der Waals surface area contributed by atoms with Gasteiger partial charge in [0, 0.05) is 26.2 Å². The molecule has 18 heteroatoms. The van der Waals surface area contributed by atoms with Crippen LogP contribution < -0.4 is 10.6 Å². The number of amides is 2. The summed E-state index contributed by atoms with van der Waals surface area (Å²) >= 11 is 0. The van der Waals surface area contributed by atoms with Crippen LogP contribution in [-0.4, -0.2) is 170 Å². The van der Waals surface area contributed by atoms with Crippen molar-refractivity contribution in [2.24, 2.45) is 0 Å². The van der Waals surface area contributed by atoms with Gasteiger partial charge in [-0.3, -0.25) is 29.0 Å². The van der Waals surface area contributed by atoms with Crippen LogP contribution in [0.1, 0.15) is 12.8 Å². The van der Waals surface area contributed by atoms with Gasteiger partial charge >= 0.3 is 23.9 Å². The summed E-state index contributed by atoms with van der Waals surface area (Å²) in [5.41, 5.74) is 0. The summed E-state index contributed by atoms with van der Waals surface area (Å²) < 4.78 is 22.2. The van der Waals surface area contributed by atoms with Crippen molar-refractivity contribution in [1.82, 2.24) is 20.4 Å². The molecule has 0 aromatic heterocycles. The van der Waals surface area contributed by atoms with Gasteiger partial charge in [0.05, 0.1) is 78.8 Å². The van der Waals surface area contributed by atoms with Gasteiger partial charge in [-0.2, -0.15) is 0 Å². The molecule has 42 heavy (non-hydrogen) atoms. The lowest BCUT2D eigenvalue weighted by Crippen LogP contribution is -2.47. The molecular weight excluding hydrogens is 568 g/mol.